The van der Waals surface area contributed by atoms with Gasteiger partial charge in [0.2, 0.25) is 0 Å². The molecule has 0 radical (unpaired) electrons. The summed E-state index contributed by atoms with van der Waals surface area (Å²) in [5, 5.41) is 0.470. The van der Waals surface area contributed by atoms with Crippen molar-refractivity contribution in [2.75, 3.05) is 17.4 Å². The van der Waals surface area contributed by atoms with E-state index in [9.17, 15) is 17.2 Å². The Bertz CT molecular complexity index is 1210. The third-order valence-corrected chi connectivity index (χ3v) is 8.10. The van der Waals surface area contributed by atoms with Crippen molar-refractivity contribution < 1.29 is 17.2 Å². The maximum Gasteiger partial charge on any atom is 0.264 e. The third-order valence-electron chi connectivity index (χ3n) is 5.96. The van der Waals surface area contributed by atoms with Gasteiger partial charge in [-0.15, -0.1) is 0 Å². The zero-order chi connectivity index (χ0) is 23.6. The maximum atomic E-state index is 14.1. The minimum atomic E-state index is -3.82. The number of sulfonamides is 1. The molecule has 0 bridgehead atoms. The van der Waals surface area contributed by atoms with E-state index in [1.807, 2.05) is 31.2 Å². The van der Waals surface area contributed by atoms with Crippen molar-refractivity contribution in [3.63, 3.8) is 0 Å². The van der Waals surface area contributed by atoms with E-state index in [-0.39, 0.29) is 10.9 Å². The molecule has 1 heterocycles. The fraction of sp³-hybridized carbons (Fsp3) is 0.280. The van der Waals surface area contributed by atoms with Gasteiger partial charge < -0.3 is 0 Å². The first kappa shape index (κ1) is 23.7. The molecule has 0 atom stereocenters. The summed E-state index contributed by atoms with van der Waals surface area (Å²) in [7, 11) is -3.82. The van der Waals surface area contributed by atoms with Crippen LogP contribution < -0.4 is 4.31 Å². The molecule has 1 fully saturated rings. The first-order chi connectivity index (χ1) is 15.7. The van der Waals surface area contributed by atoms with Crippen LogP contribution in [0, 0.1) is 18.6 Å². The van der Waals surface area contributed by atoms with E-state index >= 15 is 0 Å². The summed E-state index contributed by atoms with van der Waals surface area (Å²) >= 11 is 5.97. The first-order valence-electron chi connectivity index (χ1n) is 10.8. The highest BCUT2D eigenvalue weighted by Crippen LogP contribution is 2.31. The number of rotatable bonds is 6. The highest BCUT2D eigenvalue weighted by Gasteiger charge is 2.34. The SMILES string of the molecule is Cc1ccc(N(C2CCN(Cc3ccc(F)cc3F)CC2)S(=O)(=O)c2ccc(Cl)cc2)cc1. The van der Waals surface area contributed by atoms with Crippen molar-refractivity contribution in [3.05, 3.63) is 94.5 Å². The lowest BCUT2D eigenvalue weighted by molar-refractivity contribution is 0.204. The van der Waals surface area contributed by atoms with Crippen molar-refractivity contribution in [3.8, 4) is 0 Å². The number of likely N-dealkylation sites (tertiary alicyclic amines) is 1. The zero-order valence-electron chi connectivity index (χ0n) is 18.2. The van der Waals surface area contributed by atoms with Gasteiger partial charge in [-0.3, -0.25) is 9.21 Å². The van der Waals surface area contributed by atoms with Crippen LogP contribution >= 0.6 is 11.6 Å². The van der Waals surface area contributed by atoms with Gasteiger partial charge >= 0.3 is 0 Å². The van der Waals surface area contributed by atoms with Crippen LogP contribution in [-0.2, 0) is 16.6 Å². The van der Waals surface area contributed by atoms with E-state index in [1.165, 1.54) is 28.6 Å². The number of anilines is 1. The van der Waals surface area contributed by atoms with Crippen LogP contribution in [0.4, 0.5) is 14.5 Å². The normalized spacial score (nSPS) is 15.5. The predicted molar refractivity (Wildman–Crippen MR) is 127 cm³/mol. The molecule has 8 heteroatoms. The van der Waals surface area contributed by atoms with E-state index in [4.69, 9.17) is 11.6 Å². The highest BCUT2D eigenvalue weighted by atomic mass is 35.5. The molecule has 0 spiro atoms. The summed E-state index contributed by atoms with van der Waals surface area (Å²) in [6.45, 7) is 3.50. The van der Waals surface area contributed by atoms with Crippen molar-refractivity contribution in [1.29, 1.82) is 0 Å². The Kier molecular flexibility index (Phi) is 7.02. The number of halogens is 3. The molecule has 33 heavy (non-hydrogen) atoms. The standard InChI is InChI=1S/C25H25ClF2N2O2S/c1-18-2-8-22(9-3-18)30(33(31,32)24-10-5-20(26)6-11-24)23-12-14-29(15-13-23)17-19-4-7-21(27)16-25(19)28/h2-11,16,23H,12-15,17H2,1H3. The smallest absolute Gasteiger partial charge is 0.264 e. The maximum absolute atomic E-state index is 14.1. The highest BCUT2D eigenvalue weighted by molar-refractivity contribution is 7.92. The summed E-state index contributed by atoms with van der Waals surface area (Å²) in [5.41, 5.74) is 2.08. The minimum absolute atomic E-state index is 0.184. The molecular weight excluding hydrogens is 466 g/mol. The average Bonchev–Trinajstić information content (AvgIpc) is 2.78. The third kappa shape index (κ3) is 5.37. The molecule has 0 unspecified atom stereocenters. The largest absolute Gasteiger partial charge is 0.299 e. The second-order valence-electron chi connectivity index (χ2n) is 8.33. The molecule has 0 saturated carbocycles. The second-order valence-corrected chi connectivity index (χ2v) is 10.6. The van der Waals surface area contributed by atoms with Gasteiger partial charge in [0, 0.05) is 42.3 Å². The average molecular weight is 491 g/mol. The number of hydrogen-bond donors (Lipinski definition) is 0. The summed E-state index contributed by atoms with van der Waals surface area (Å²) in [6, 6.07) is 17.0. The van der Waals surface area contributed by atoms with Crippen molar-refractivity contribution in [1.82, 2.24) is 4.90 Å². The Morgan fingerprint density at radius 1 is 0.970 bits per heavy atom. The fourth-order valence-corrected chi connectivity index (χ4v) is 6.00. The van der Waals surface area contributed by atoms with Crippen molar-refractivity contribution in [2.24, 2.45) is 0 Å². The lowest BCUT2D eigenvalue weighted by atomic mass is 10.0. The molecular formula is C25H25ClF2N2O2S. The first-order valence-corrected chi connectivity index (χ1v) is 12.6. The monoisotopic (exact) mass is 490 g/mol. The van der Waals surface area contributed by atoms with Crippen LogP contribution in [0.3, 0.4) is 0 Å². The molecule has 0 aromatic heterocycles. The van der Waals surface area contributed by atoms with Crippen molar-refractivity contribution in [2.45, 2.75) is 37.2 Å². The quantitative estimate of drug-likeness (QED) is 0.439. The van der Waals surface area contributed by atoms with E-state index in [0.29, 0.717) is 48.7 Å². The molecule has 4 nitrogen and oxygen atoms in total. The Balaban J connectivity index is 1.57. The van der Waals surface area contributed by atoms with Gasteiger partial charge in [-0.25, -0.2) is 17.2 Å². The lowest BCUT2D eigenvalue weighted by Crippen LogP contribution is -2.47. The molecule has 3 aromatic rings. The summed E-state index contributed by atoms with van der Waals surface area (Å²) in [5.74, 6) is -1.17. The van der Waals surface area contributed by atoms with Crippen LogP contribution in [0.25, 0.3) is 0 Å². The topological polar surface area (TPSA) is 40.6 Å². The summed E-state index contributed by atoms with van der Waals surface area (Å²) < 4.78 is 56.1. The van der Waals surface area contributed by atoms with E-state index in [1.54, 1.807) is 12.1 Å². The Morgan fingerprint density at radius 3 is 2.21 bits per heavy atom. The summed E-state index contributed by atoms with van der Waals surface area (Å²) in [6.07, 6.45) is 1.17. The molecule has 0 amide bonds. The van der Waals surface area contributed by atoms with Gasteiger partial charge in [-0.05, 0) is 62.2 Å². The van der Waals surface area contributed by atoms with Gasteiger partial charge in [0.1, 0.15) is 11.6 Å². The fourth-order valence-electron chi connectivity index (χ4n) is 4.16. The predicted octanol–water partition coefficient (Wildman–Crippen LogP) is 5.79. The molecule has 4 rings (SSSR count). The van der Waals surface area contributed by atoms with Crippen LogP contribution in [0.15, 0.2) is 71.6 Å². The van der Waals surface area contributed by atoms with Crippen LogP contribution in [0.1, 0.15) is 24.0 Å². The van der Waals surface area contributed by atoms with Gasteiger partial charge in [-0.2, -0.15) is 0 Å². The van der Waals surface area contributed by atoms with Crippen LogP contribution in [0.5, 0.6) is 0 Å². The Morgan fingerprint density at radius 2 is 1.61 bits per heavy atom. The molecule has 1 saturated heterocycles. The Labute approximate surface area is 198 Å². The molecule has 1 aliphatic rings. The lowest BCUT2D eigenvalue weighted by Gasteiger charge is -2.39. The summed E-state index contributed by atoms with van der Waals surface area (Å²) in [4.78, 5) is 2.25. The van der Waals surface area contributed by atoms with E-state index in [0.717, 1.165) is 11.6 Å². The number of benzene rings is 3. The number of hydrogen-bond acceptors (Lipinski definition) is 3. The van der Waals surface area contributed by atoms with E-state index < -0.39 is 21.7 Å². The van der Waals surface area contributed by atoms with Crippen LogP contribution in [-0.4, -0.2) is 32.4 Å². The van der Waals surface area contributed by atoms with E-state index in [2.05, 4.69) is 4.90 Å². The molecule has 3 aromatic carbocycles. The molecule has 174 valence electrons. The number of aryl methyl sites for hydroxylation is 1. The van der Waals surface area contributed by atoms with Gasteiger partial charge in [0.05, 0.1) is 10.6 Å². The van der Waals surface area contributed by atoms with Crippen LogP contribution in [0.2, 0.25) is 5.02 Å². The number of piperidine rings is 1. The number of nitrogens with zero attached hydrogens (tertiary/aromatic N) is 2. The molecule has 0 aliphatic carbocycles. The zero-order valence-corrected chi connectivity index (χ0v) is 19.8. The Hall–Kier alpha value is -2.48. The van der Waals surface area contributed by atoms with Gasteiger partial charge in [0.25, 0.3) is 10.0 Å². The van der Waals surface area contributed by atoms with Gasteiger partial charge in [-0.1, -0.05) is 35.4 Å². The molecule has 0 N–H and O–H groups in total. The minimum Gasteiger partial charge on any atom is -0.299 e. The molecule has 1 aliphatic heterocycles. The van der Waals surface area contributed by atoms with Crippen molar-refractivity contribution >= 4 is 27.3 Å². The van der Waals surface area contributed by atoms with Gasteiger partial charge in [0.15, 0.2) is 0 Å². The second kappa shape index (κ2) is 9.79.